The highest BCUT2D eigenvalue weighted by molar-refractivity contribution is 5.92. The molecule has 0 radical (unpaired) electrons. The number of nitrogens with two attached hydrogens (primary N) is 1. The highest BCUT2D eigenvalue weighted by Gasteiger charge is 2.38. The van der Waals surface area contributed by atoms with E-state index >= 15 is 0 Å². The fourth-order valence-corrected chi connectivity index (χ4v) is 3.22. The maximum absolute atomic E-state index is 12.0. The number of aryl methyl sites for hydroxylation is 1. The lowest BCUT2D eigenvalue weighted by Gasteiger charge is -2.25. The summed E-state index contributed by atoms with van der Waals surface area (Å²) in [6.45, 7) is 3.41. The Labute approximate surface area is 113 Å². The first-order valence-corrected chi connectivity index (χ1v) is 6.88. The summed E-state index contributed by atoms with van der Waals surface area (Å²) in [6, 6.07) is 2.38. The fourth-order valence-electron chi connectivity index (χ4n) is 3.22. The van der Waals surface area contributed by atoms with Gasteiger partial charge in [0.1, 0.15) is 0 Å². The molecule has 1 aliphatic carbocycles. The normalized spacial score (nSPS) is 25.7. The topological polar surface area (TPSA) is 71.2 Å². The van der Waals surface area contributed by atoms with Crippen molar-refractivity contribution < 1.29 is 4.79 Å². The summed E-state index contributed by atoms with van der Waals surface area (Å²) in [5, 5.41) is 2.87. The van der Waals surface area contributed by atoms with Gasteiger partial charge in [-0.3, -0.25) is 14.7 Å². The average Bonchev–Trinajstić information content (AvgIpc) is 2.96. The van der Waals surface area contributed by atoms with Crippen LogP contribution in [-0.2, 0) is 4.79 Å². The third-order valence-electron chi connectivity index (χ3n) is 4.28. The molecule has 2 bridgehead atoms. The molecule has 2 heterocycles. The lowest BCUT2D eigenvalue weighted by molar-refractivity contribution is -0.117. The highest BCUT2D eigenvalue weighted by atomic mass is 16.2. The molecular weight excluding hydrogens is 240 g/mol. The van der Waals surface area contributed by atoms with Crippen LogP contribution in [-0.4, -0.2) is 34.9 Å². The highest BCUT2D eigenvalue weighted by Crippen LogP contribution is 2.36. The van der Waals surface area contributed by atoms with E-state index in [2.05, 4.69) is 15.2 Å². The summed E-state index contributed by atoms with van der Waals surface area (Å²) in [5.74, 6) is 0.840. The van der Waals surface area contributed by atoms with Crippen molar-refractivity contribution in [3.8, 4) is 0 Å². The van der Waals surface area contributed by atoms with E-state index in [4.69, 9.17) is 5.73 Å². The lowest BCUT2D eigenvalue weighted by Crippen LogP contribution is -2.38. The van der Waals surface area contributed by atoms with Gasteiger partial charge in [0.2, 0.25) is 5.91 Å². The first-order chi connectivity index (χ1) is 9.11. The number of piperidine rings is 1. The molecule has 102 valence electrons. The maximum Gasteiger partial charge on any atom is 0.238 e. The number of hydrogen-bond donors (Lipinski definition) is 2. The second kappa shape index (κ2) is 4.81. The molecule has 1 amide bonds. The van der Waals surface area contributed by atoms with E-state index in [-0.39, 0.29) is 5.91 Å². The van der Waals surface area contributed by atoms with E-state index in [9.17, 15) is 4.79 Å². The summed E-state index contributed by atoms with van der Waals surface area (Å²) in [4.78, 5) is 18.5. The van der Waals surface area contributed by atoms with Crippen LogP contribution in [0.2, 0.25) is 0 Å². The fraction of sp³-hybridized carbons (Fsp3) is 0.571. The van der Waals surface area contributed by atoms with E-state index in [1.807, 2.05) is 6.92 Å². The molecule has 1 aromatic rings. The number of aromatic nitrogens is 1. The van der Waals surface area contributed by atoms with Crippen LogP contribution in [0.1, 0.15) is 25.0 Å². The minimum absolute atomic E-state index is 0.0256. The number of pyridine rings is 1. The molecule has 1 saturated carbocycles. The molecule has 3 N–H and O–H groups in total. The number of likely N-dealkylation sites (tertiary alicyclic amines) is 1. The Kier molecular flexibility index (Phi) is 3.14. The summed E-state index contributed by atoms with van der Waals surface area (Å²) in [7, 11) is 0. The van der Waals surface area contributed by atoms with Gasteiger partial charge in [-0.05, 0) is 38.2 Å². The van der Waals surface area contributed by atoms with E-state index in [0.29, 0.717) is 24.0 Å². The number of nitrogen functional groups attached to an aromatic ring is 1. The number of rotatable bonds is 3. The molecule has 3 rings (SSSR count). The van der Waals surface area contributed by atoms with Crippen molar-refractivity contribution in [2.45, 2.75) is 32.2 Å². The number of nitrogens with one attached hydrogen (secondary N) is 1. The molecule has 2 atom stereocenters. The van der Waals surface area contributed by atoms with Crippen molar-refractivity contribution in [3.63, 3.8) is 0 Å². The predicted octanol–water partition coefficient (Wildman–Crippen LogP) is 1.40. The Morgan fingerprint density at radius 2 is 2.42 bits per heavy atom. The third-order valence-corrected chi connectivity index (χ3v) is 4.28. The molecule has 0 unspecified atom stereocenters. The van der Waals surface area contributed by atoms with Crippen LogP contribution in [0.15, 0.2) is 12.3 Å². The van der Waals surface area contributed by atoms with Crippen LogP contribution in [0, 0.1) is 12.8 Å². The molecule has 5 heteroatoms. The van der Waals surface area contributed by atoms with Gasteiger partial charge >= 0.3 is 0 Å². The quantitative estimate of drug-likeness (QED) is 0.861. The molecule has 19 heavy (non-hydrogen) atoms. The zero-order valence-electron chi connectivity index (χ0n) is 11.2. The van der Waals surface area contributed by atoms with E-state index in [1.54, 1.807) is 12.3 Å². The van der Waals surface area contributed by atoms with E-state index in [0.717, 1.165) is 18.2 Å². The number of nitrogens with zero attached hydrogens (tertiary/aromatic N) is 2. The van der Waals surface area contributed by atoms with Crippen LogP contribution in [0.5, 0.6) is 0 Å². The SMILES string of the molecule is Cc1ncc(NC(=O)CN2C[C@@H]3CC[C@H]2C3)cc1N. The minimum Gasteiger partial charge on any atom is -0.397 e. The van der Waals surface area contributed by atoms with Gasteiger partial charge in [0.25, 0.3) is 0 Å². The van der Waals surface area contributed by atoms with E-state index < -0.39 is 0 Å². The Bertz CT molecular complexity index is 502. The monoisotopic (exact) mass is 260 g/mol. The minimum atomic E-state index is 0.0256. The van der Waals surface area contributed by atoms with Gasteiger partial charge in [-0.1, -0.05) is 0 Å². The van der Waals surface area contributed by atoms with Crippen molar-refractivity contribution in [2.24, 2.45) is 5.92 Å². The summed E-state index contributed by atoms with van der Waals surface area (Å²) in [6.07, 6.45) is 5.50. The number of amides is 1. The Balaban J connectivity index is 1.57. The van der Waals surface area contributed by atoms with Gasteiger partial charge in [0.05, 0.1) is 29.8 Å². The first-order valence-electron chi connectivity index (χ1n) is 6.88. The molecule has 2 fully saturated rings. The summed E-state index contributed by atoms with van der Waals surface area (Å²) < 4.78 is 0. The van der Waals surface area contributed by atoms with Crippen molar-refractivity contribution in [1.29, 1.82) is 0 Å². The second-order valence-electron chi connectivity index (χ2n) is 5.71. The molecule has 2 aliphatic rings. The Hall–Kier alpha value is -1.62. The maximum atomic E-state index is 12.0. The van der Waals surface area contributed by atoms with Gasteiger partial charge in [0, 0.05) is 12.6 Å². The van der Waals surface area contributed by atoms with Crippen LogP contribution in [0.25, 0.3) is 0 Å². The second-order valence-corrected chi connectivity index (χ2v) is 5.71. The van der Waals surface area contributed by atoms with Gasteiger partial charge in [-0.25, -0.2) is 0 Å². The van der Waals surface area contributed by atoms with Gasteiger partial charge in [-0.2, -0.15) is 0 Å². The number of carbonyl (C=O) groups is 1. The van der Waals surface area contributed by atoms with Crippen molar-refractivity contribution >= 4 is 17.3 Å². The smallest absolute Gasteiger partial charge is 0.238 e. The van der Waals surface area contributed by atoms with Gasteiger partial charge in [0.15, 0.2) is 0 Å². The van der Waals surface area contributed by atoms with Crippen LogP contribution >= 0.6 is 0 Å². The number of anilines is 2. The standard InChI is InChI=1S/C14H20N4O/c1-9-13(15)5-11(6-16-9)17-14(19)8-18-7-10-2-3-12(18)4-10/h5-6,10,12H,2-4,7-8,15H2,1H3,(H,17,19)/t10-,12+/m1/s1. The zero-order chi connectivity index (χ0) is 13.4. The van der Waals surface area contributed by atoms with Crippen LogP contribution in [0.4, 0.5) is 11.4 Å². The average molecular weight is 260 g/mol. The molecule has 1 aromatic heterocycles. The third kappa shape index (κ3) is 2.56. The van der Waals surface area contributed by atoms with Crippen molar-refractivity contribution in [3.05, 3.63) is 18.0 Å². The molecule has 0 spiro atoms. The molecule has 5 nitrogen and oxygen atoms in total. The lowest BCUT2D eigenvalue weighted by atomic mass is 10.1. The molecular formula is C14H20N4O. The number of fused-ring (bicyclic) bond motifs is 2. The van der Waals surface area contributed by atoms with Crippen molar-refractivity contribution in [1.82, 2.24) is 9.88 Å². The summed E-state index contributed by atoms with van der Waals surface area (Å²) in [5.41, 5.74) is 7.86. The number of hydrogen-bond acceptors (Lipinski definition) is 4. The van der Waals surface area contributed by atoms with Crippen LogP contribution in [0.3, 0.4) is 0 Å². The zero-order valence-corrected chi connectivity index (χ0v) is 11.2. The van der Waals surface area contributed by atoms with E-state index in [1.165, 1.54) is 19.3 Å². The molecule has 1 aliphatic heterocycles. The Morgan fingerprint density at radius 1 is 1.58 bits per heavy atom. The summed E-state index contributed by atoms with van der Waals surface area (Å²) >= 11 is 0. The van der Waals surface area contributed by atoms with Gasteiger partial charge in [-0.15, -0.1) is 0 Å². The predicted molar refractivity (Wildman–Crippen MR) is 74.7 cm³/mol. The largest absolute Gasteiger partial charge is 0.397 e. The van der Waals surface area contributed by atoms with Gasteiger partial charge < -0.3 is 11.1 Å². The van der Waals surface area contributed by atoms with Crippen LogP contribution < -0.4 is 11.1 Å². The molecule has 0 aromatic carbocycles. The van der Waals surface area contributed by atoms with Crippen molar-refractivity contribution in [2.75, 3.05) is 24.1 Å². The first kappa shape index (κ1) is 12.4. The Morgan fingerprint density at radius 3 is 3.05 bits per heavy atom. The number of carbonyl (C=O) groups excluding carboxylic acids is 1. The molecule has 1 saturated heterocycles.